The van der Waals surface area contributed by atoms with E-state index < -0.39 is 0 Å². The van der Waals surface area contributed by atoms with E-state index in [1.165, 1.54) is 0 Å². The van der Waals surface area contributed by atoms with Crippen molar-refractivity contribution in [1.29, 1.82) is 5.26 Å². The SMILES string of the molecule is COc1cc(Cn2cccc2CN)ccc1C#N. The summed E-state index contributed by atoms with van der Waals surface area (Å²) < 4.78 is 7.28. The van der Waals surface area contributed by atoms with Crippen LogP contribution in [0.3, 0.4) is 0 Å². The van der Waals surface area contributed by atoms with Crippen LogP contribution in [0, 0.1) is 11.3 Å². The molecule has 4 nitrogen and oxygen atoms in total. The molecule has 0 atom stereocenters. The summed E-state index contributed by atoms with van der Waals surface area (Å²) in [5.74, 6) is 0.608. The summed E-state index contributed by atoms with van der Waals surface area (Å²) in [7, 11) is 1.57. The van der Waals surface area contributed by atoms with E-state index in [1.54, 1.807) is 13.2 Å². The van der Waals surface area contributed by atoms with Crippen LogP contribution >= 0.6 is 0 Å². The standard InChI is InChI=1S/C14H15N3O/c1-18-14-7-11(4-5-12(14)8-15)10-17-6-2-3-13(17)9-16/h2-7H,9-10,16H2,1H3. The van der Waals surface area contributed by atoms with Gasteiger partial charge in [0.15, 0.2) is 0 Å². The number of hydrogen-bond acceptors (Lipinski definition) is 3. The van der Waals surface area contributed by atoms with E-state index in [1.807, 2.05) is 30.5 Å². The van der Waals surface area contributed by atoms with Crippen LogP contribution in [0.2, 0.25) is 0 Å². The Morgan fingerprint density at radius 3 is 2.89 bits per heavy atom. The van der Waals surface area contributed by atoms with Crippen molar-refractivity contribution in [3.05, 3.63) is 53.3 Å². The largest absolute Gasteiger partial charge is 0.495 e. The highest BCUT2D eigenvalue weighted by Crippen LogP contribution is 2.20. The molecular formula is C14H15N3O. The molecule has 1 aromatic heterocycles. The molecule has 0 spiro atoms. The van der Waals surface area contributed by atoms with Gasteiger partial charge in [-0.2, -0.15) is 5.26 Å². The molecule has 0 unspecified atom stereocenters. The maximum atomic E-state index is 8.93. The van der Waals surface area contributed by atoms with Crippen molar-refractivity contribution in [1.82, 2.24) is 4.57 Å². The molecule has 0 aliphatic rings. The van der Waals surface area contributed by atoms with Gasteiger partial charge in [0.05, 0.1) is 12.7 Å². The Morgan fingerprint density at radius 2 is 2.22 bits per heavy atom. The lowest BCUT2D eigenvalue weighted by Gasteiger charge is -2.10. The number of hydrogen-bond donors (Lipinski definition) is 1. The zero-order valence-electron chi connectivity index (χ0n) is 10.3. The number of nitrogens with zero attached hydrogens (tertiary/aromatic N) is 2. The van der Waals surface area contributed by atoms with Gasteiger partial charge in [-0.05, 0) is 29.8 Å². The molecule has 18 heavy (non-hydrogen) atoms. The number of nitrogens with two attached hydrogens (primary N) is 1. The van der Waals surface area contributed by atoms with Crippen molar-refractivity contribution in [3.63, 3.8) is 0 Å². The van der Waals surface area contributed by atoms with Gasteiger partial charge in [-0.3, -0.25) is 0 Å². The van der Waals surface area contributed by atoms with Gasteiger partial charge in [0.25, 0.3) is 0 Å². The average Bonchev–Trinajstić information content (AvgIpc) is 2.85. The first-order valence-electron chi connectivity index (χ1n) is 5.69. The first-order chi connectivity index (χ1) is 8.78. The summed E-state index contributed by atoms with van der Waals surface area (Å²) in [6.07, 6.45) is 1.99. The Hall–Kier alpha value is -2.25. The first-order valence-corrected chi connectivity index (χ1v) is 5.69. The van der Waals surface area contributed by atoms with E-state index >= 15 is 0 Å². The number of methoxy groups -OCH3 is 1. The van der Waals surface area contributed by atoms with E-state index in [9.17, 15) is 0 Å². The minimum Gasteiger partial charge on any atom is -0.495 e. The lowest BCUT2D eigenvalue weighted by atomic mass is 10.1. The Bertz CT molecular complexity index is 581. The van der Waals surface area contributed by atoms with Crippen molar-refractivity contribution in [3.8, 4) is 11.8 Å². The summed E-state index contributed by atoms with van der Waals surface area (Å²) in [4.78, 5) is 0. The van der Waals surface area contributed by atoms with Crippen LogP contribution in [0.15, 0.2) is 36.5 Å². The fraction of sp³-hybridized carbons (Fsp3) is 0.214. The number of ether oxygens (including phenoxy) is 1. The molecule has 0 saturated heterocycles. The summed E-state index contributed by atoms with van der Waals surface area (Å²) in [5.41, 5.74) is 8.37. The fourth-order valence-corrected chi connectivity index (χ4v) is 1.91. The molecule has 2 N–H and O–H groups in total. The zero-order valence-corrected chi connectivity index (χ0v) is 10.3. The molecular weight excluding hydrogens is 226 g/mol. The molecule has 1 aromatic carbocycles. The van der Waals surface area contributed by atoms with E-state index in [0.29, 0.717) is 17.9 Å². The van der Waals surface area contributed by atoms with Gasteiger partial charge in [0.1, 0.15) is 11.8 Å². The van der Waals surface area contributed by atoms with Crippen LogP contribution in [-0.2, 0) is 13.1 Å². The van der Waals surface area contributed by atoms with Crippen molar-refractivity contribution in [2.45, 2.75) is 13.1 Å². The van der Waals surface area contributed by atoms with Gasteiger partial charge in [0.2, 0.25) is 0 Å². The van der Waals surface area contributed by atoms with E-state index in [4.69, 9.17) is 15.7 Å². The quantitative estimate of drug-likeness (QED) is 0.888. The summed E-state index contributed by atoms with van der Waals surface area (Å²) in [6, 6.07) is 11.7. The molecule has 0 bridgehead atoms. The topological polar surface area (TPSA) is 64.0 Å². The molecule has 0 fully saturated rings. The monoisotopic (exact) mass is 241 g/mol. The third kappa shape index (κ3) is 2.36. The molecule has 2 aromatic rings. The molecule has 4 heteroatoms. The molecule has 0 aliphatic carbocycles. The van der Waals surface area contributed by atoms with Crippen LogP contribution < -0.4 is 10.5 Å². The van der Waals surface area contributed by atoms with Crippen molar-refractivity contribution in [2.75, 3.05) is 7.11 Å². The second kappa shape index (κ2) is 5.39. The summed E-state index contributed by atoms with van der Waals surface area (Å²) in [6.45, 7) is 1.24. The second-order valence-electron chi connectivity index (χ2n) is 3.98. The third-order valence-electron chi connectivity index (χ3n) is 2.87. The normalized spacial score (nSPS) is 10.1. The van der Waals surface area contributed by atoms with Crippen molar-refractivity contribution >= 4 is 0 Å². The van der Waals surface area contributed by atoms with Crippen molar-refractivity contribution < 1.29 is 4.74 Å². The summed E-state index contributed by atoms with van der Waals surface area (Å²) >= 11 is 0. The Morgan fingerprint density at radius 1 is 1.39 bits per heavy atom. The first kappa shape index (κ1) is 12.2. The number of nitriles is 1. The van der Waals surface area contributed by atoms with Gasteiger partial charge < -0.3 is 15.0 Å². The van der Waals surface area contributed by atoms with E-state index in [-0.39, 0.29) is 0 Å². The molecule has 1 heterocycles. The highest BCUT2D eigenvalue weighted by Gasteiger charge is 2.05. The summed E-state index contributed by atoms with van der Waals surface area (Å²) in [5, 5.41) is 8.93. The maximum absolute atomic E-state index is 8.93. The highest BCUT2D eigenvalue weighted by molar-refractivity contribution is 5.45. The predicted octanol–water partition coefficient (Wildman–Crippen LogP) is 1.88. The minimum absolute atomic E-state index is 0.514. The predicted molar refractivity (Wildman–Crippen MR) is 69.1 cm³/mol. The van der Waals surface area contributed by atoms with Crippen LogP contribution in [0.25, 0.3) is 0 Å². The van der Waals surface area contributed by atoms with E-state index in [0.717, 1.165) is 17.8 Å². The Labute approximate surface area is 106 Å². The minimum atomic E-state index is 0.514. The Balaban J connectivity index is 2.28. The van der Waals surface area contributed by atoms with Gasteiger partial charge in [0, 0.05) is 25.0 Å². The third-order valence-corrected chi connectivity index (χ3v) is 2.87. The number of aromatic nitrogens is 1. The number of rotatable bonds is 4. The molecule has 2 rings (SSSR count). The average molecular weight is 241 g/mol. The van der Waals surface area contributed by atoms with Gasteiger partial charge in [-0.15, -0.1) is 0 Å². The molecule has 92 valence electrons. The smallest absolute Gasteiger partial charge is 0.136 e. The van der Waals surface area contributed by atoms with Crippen LogP contribution in [-0.4, -0.2) is 11.7 Å². The number of benzene rings is 1. The highest BCUT2D eigenvalue weighted by atomic mass is 16.5. The zero-order chi connectivity index (χ0) is 13.0. The molecule has 0 saturated carbocycles. The van der Waals surface area contributed by atoms with Gasteiger partial charge in [-0.25, -0.2) is 0 Å². The van der Waals surface area contributed by atoms with Crippen LogP contribution in [0.1, 0.15) is 16.8 Å². The molecule has 0 amide bonds. The van der Waals surface area contributed by atoms with Crippen molar-refractivity contribution in [2.24, 2.45) is 5.73 Å². The fourth-order valence-electron chi connectivity index (χ4n) is 1.91. The lowest BCUT2D eigenvalue weighted by Crippen LogP contribution is -2.07. The van der Waals surface area contributed by atoms with Crippen LogP contribution in [0.4, 0.5) is 0 Å². The van der Waals surface area contributed by atoms with Gasteiger partial charge >= 0.3 is 0 Å². The maximum Gasteiger partial charge on any atom is 0.136 e. The van der Waals surface area contributed by atoms with Gasteiger partial charge in [-0.1, -0.05) is 6.07 Å². The van der Waals surface area contributed by atoms with Crippen LogP contribution in [0.5, 0.6) is 5.75 Å². The molecule has 0 aliphatic heterocycles. The molecule has 0 radical (unpaired) electrons. The lowest BCUT2D eigenvalue weighted by molar-refractivity contribution is 0.413. The second-order valence-corrected chi connectivity index (χ2v) is 3.98. The van der Waals surface area contributed by atoms with E-state index in [2.05, 4.69) is 10.6 Å². The Kier molecular flexibility index (Phi) is 3.66.